The Morgan fingerprint density at radius 1 is 1.00 bits per heavy atom. The van der Waals surface area contributed by atoms with Gasteiger partial charge in [0.1, 0.15) is 5.82 Å². The molecule has 4 nitrogen and oxygen atoms in total. The molecule has 5 rings (SSSR count). The Labute approximate surface area is 163 Å². The lowest BCUT2D eigenvalue weighted by atomic mass is 9.82. The second-order valence-electron chi connectivity index (χ2n) is 7.55. The van der Waals surface area contributed by atoms with Crippen molar-refractivity contribution in [2.24, 2.45) is 0 Å². The van der Waals surface area contributed by atoms with E-state index < -0.39 is 0 Å². The Hall–Kier alpha value is -3.08. The third kappa shape index (κ3) is 3.07. The summed E-state index contributed by atoms with van der Waals surface area (Å²) in [4.78, 5) is 24.1. The summed E-state index contributed by atoms with van der Waals surface area (Å²) >= 11 is 0. The number of ketones is 1. The Morgan fingerprint density at radius 2 is 1.79 bits per heavy atom. The number of carbonyl (C=O) groups excluding carboxylic acids is 1. The van der Waals surface area contributed by atoms with Crippen LogP contribution in [0.25, 0.3) is 0 Å². The highest BCUT2D eigenvalue weighted by molar-refractivity contribution is 5.98. The number of anilines is 1. The number of rotatable bonds is 2. The normalized spacial score (nSPS) is 18.5. The molecule has 3 aromatic rings. The monoisotopic (exact) mass is 373 g/mol. The molecule has 1 aliphatic carbocycles. The zero-order valence-corrected chi connectivity index (χ0v) is 15.4. The third-order valence-electron chi connectivity index (χ3n) is 5.78. The summed E-state index contributed by atoms with van der Waals surface area (Å²) in [5.41, 5.74) is 5.08. The van der Waals surface area contributed by atoms with Gasteiger partial charge in [0, 0.05) is 25.7 Å². The maximum absolute atomic E-state index is 13.2. The Balaban J connectivity index is 1.43. The molecule has 0 N–H and O–H groups in total. The molecule has 0 radical (unpaired) electrons. The minimum Gasteiger partial charge on any atom is -0.336 e. The van der Waals surface area contributed by atoms with Crippen molar-refractivity contribution in [3.05, 3.63) is 88.5 Å². The number of benzene rings is 2. The van der Waals surface area contributed by atoms with Crippen molar-refractivity contribution < 1.29 is 9.18 Å². The first-order valence-corrected chi connectivity index (χ1v) is 9.63. The van der Waals surface area contributed by atoms with Crippen LogP contribution in [0.4, 0.5) is 10.3 Å². The molecule has 0 spiro atoms. The highest BCUT2D eigenvalue weighted by Gasteiger charge is 2.29. The number of nitrogens with zero attached hydrogens (tertiary/aromatic N) is 3. The first-order chi connectivity index (χ1) is 13.7. The first-order valence-electron chi connectivity index (χ1n) is 9.63. The van der Waals surface area contributed by atoms with E-state index in [1.54, 1.807) is 18.3 Å². The number of hydrogen-bond acceptors (Lipinski definition) is 4. The smallest absolute Gasteiger partial charge is 0.225 e. The Bertz CT molecular complexity index is 1050. The summed E-state index contributed by atoms with van der Waals surface area (Å²) in [5.74, 6) is 0.513. The van der Waals surface area contributed by atoms with Crippen molar-refractivity contribution in [2.45, 2.75) is 31.7 Å². The van der Waals surface area contributed by atoms with Crippen LogP contribution in [0.1, 0.15) is 45.1 Å². The van der Waals surface area contributed by atoms with Gasteiger partial charge in [-0.2, -0.15) is 0 Å². The van der Waals surface area contributed by atoms with E-state index in [0.29, 0.717) is 24.4 Å². The topological polar surface area (TPSA) is 46.1 Å². The molecular weight excluding hydrogens is 353 g/mol. The van der Waals surface area contributed by atoms with Crippen LogP contribution in [0.2, 0.25) is 0 Å². The minimum absolute atomic E-state index is 0.0328. The van der Waals surface area contributed by atoms with E-state index in [1.807, 2.05) is 0 Å². The molecule has 0 saturated carbocycles. The summed E-state index contributed by atoms with van der Waals surface area (Å²) in [6.45, 7) is 1.65. The second-order valence-corrected chi connectivity index (χ2v) is 7.55. The van der Waals surface area contributed by atoms with Gasteiger partial charge in [0.25, 0.3) is 0 Å². The second kappa shape index (κ2) is 6.82. The fourth-order valence-electron chi connectivity index (χ4n) is 4.22. The highest BCUT2D eigenvalue weighted by atomic mass is 19.1. The molecule has 0 bridgehead atoms. The van der Waals surface area contributed by atoms with Crippen molar-refractivity contribution in [2.75, 3.05) is 11.4 Å². The summed E-state index contributed by atoms with van der Waals surface area (Å²) in [6.07, 6.45) is 3.74. The van der Waals surface area contributed by atoms with Gasteiger partial charge in [0.05, 0.1) is 11.3 Å². The Kier molecular flexibility index (Phi) is 4.15. The molecule has 2 heterocycles. The Morgan fingerprint density at radius 3 is 2.61 bits per heavy atom. The lowest BCUT2D eigenvalue weighted by Crippen LogP contribution is -2.32. The standard InChI is InChI=1S/C23H20FN3O/c24-19-7-5-16(6-8-19)18-11-21-20(22(28)12-18)13-25-23(26-21)27-10-9-15-3-1-2-4-17(15)14-27/h1-8,13,18H,9-12,14H2/t18-/m0/s1. The van der Waals surface area contributed by atoms with Gasteiger partial charge in [0.15, 0.2) is 5.78 Å². The third-order valence-corrected chi connectivity index (χ3v) is 5.78. The predicted octanol–water partition coefficient (Wildman–Crippen LogP) is 4.09. The SMILES string of the molecule is O=C1C[C@@H](c2ccc(F)cc2)Cc2nc(N3CCc4ccccc4C3)ncc21. The number of aromatic nitrogens is 2. The van der Waals surface area contributed by atoms with Crippen LogP contribution in [0.3, 0.4) is 0 Å². The van der Waals surface area contributed by atoms with E-state index in [0.717, 1.165) is 30.8 Å². The van der Waals surface area contributed by atoms with Gasteiger partial charge in [-0.1, -0.05) is 36.4 Å². The van der Waals surface area contributed by atoms with Gasteiger partial charge in [-0.25, -0.2) is 14.4 Å². The van der Waals surface area contributed by atoms with Crippen LogP contribution in [-0.4, -0.2) is 22.3 Å². The highest BCUT2D eigenvalue weighted by Crippen LogP contribution is 2.33. The molecule has 140 valence electrons. The predicted molar refractivity (Wildman–Crippen MR) is 105 cm³/mol. The van der Waals surface area contributed by atoms with E-state index in [-0.39, 0.29) is 17.5 Å². The lowest BCUT2D eigenvalue weighted by molar-refractivity contribution is 0.0962. The largest absolute Gasteiger partial charge is 0.336 e. The van der Waals surface area contributed by atoms with E-state index >= 15 is 0 Å². The van der Waals surface area contributed by atoms with Gasteiger partial charge in [-0.3, -0.25) is 4.79 Å². The van der Waals surface area contributed by atoms with E-state index in [4.69, 9.17) is 4.98 Å². The fourth-order valence-corrected chi connectivity index (χ4v) is 4.22. The van der Waals surface area contributed by atoms with Crippen molar-refractivity contribution in [1.82, 2.24) is 9.97 Å². The van der Waals surface area contributed by atoms with Crippen LogP contribution >= 0.6 is 0 Å². The van der Waals surface area contributed by atoms with Gasteiger partial charge < -0.3 is 4.90 Å². The van der Waals surface area contributed by atoms with E-state index in [9.17, 15) is 9.18 Å². The minimum atomic E-state index is -0.263. The zero-order valence-electron chi connectivity index (χ0n) is 15.4. The van der Waals surface area contributed by atoms with Crippen LogP contribution in [0, 0.1) is 5.82 Å². The van der Waals surface area contributed by atoms with Crippen molar-refractivity contribution in [3.63, 3.8) is 0 Å². The molecule has 0 amide bonds. The van der Waals surface area contributed by atoms with Crippen molar-refractivity contribution >= 4 is 11.7 Å². The average molecular weight is 373 g/mol. The van der Waals surface area contributed by atoms with Gasteiger partial charge in [-0.05, 0) is 47.6 Å². The summed E-state index contributed by atoms with van der Waals surface area (Å²) in [6, 6.07) is 14.9. The molecule has 28 heavy (non-hydrogen) atoms. The quantitative estimate of drug-likeness (QED) is 0.679. The van der Waals surface area contributed by atoms with E-state index in [1.165, 1.54) is 23.3 Å². The molecule has 2 aliphatic rings. The maximum atomic E-state index is 13.2. The molecular formula is C23H20FN3O. The van der Waals surface area contributed by atoms with Crippen LogP contribution < -0.4 is 4.90 Å². The molecule has 0 unspecified atom stereocenters. The van der Waals surface area contributed by atoms with Gasteiger partial charge in [-0.15, -0.1) is 0 Å². The van der Waals surface area contributed by atoms with E-state index in [2.05, 4.69) is 34.1 Å². The zero-order chi connectivity index (χ0) is 19.1. The van der Waals surface area contributed by atoms with Gasteiger partial charge >= 0.3 is 0 Å². The molecule has 0 fully saturated rings. The summed E-state index contributed by atoms with van der Waals surface area (Å²) in [7, 11) is 0. The number of Topliss-reactive ketones (excluding diaryl/α,β-unsaturated/α-hetero) is 1. The molecule has 1 aliphatic heterocycles. The number of hydrogen-bond donors (Lipinski definition) is 0. The molecule has 5 heteroatoms. The first kappa shape index (κ1) is 17.0. The molecule has 1 aromatic heterocycles. The van der Waals surface area contributed by atoms with Gasteiger partial charge in [0.2, 0.25) is 5.95 Å². The average Bonchev–Trinajstić information content (AvgIpc) is 2.73. The number of carbonyl (C=O) groups is 1. The number of halogens is 1. The van der Waals surface area contributed by atoms with Crippen molar-refractivity contribution in [3.8, 4) is 0 Å². The lowest BCUT2D eigenvalue weighted by Gasteiger charge is -2.30. The molecule has 1 atom stereocenters. The van der Waals surface area contributed by atoms with Crippen LogP contribution in [0.15, 0.2) is 54.7 Å². The molecule has 2 aromatic carbocycles. The maximum Gasteiger partial charge on any atom is 0.225 e. The molecule has 0 saturated heterocycles. The van der Waals surface area contributed by atoms with Crippen molar-refractivity contribution in [1.29, 1.82) is 0 Å². The van der Waals surface area contributed by atoms with Crippen LogP contribution in [-0.2, 0) is 19.4 Å². The summed E-state index contributed by atoms with van der Waals surface area (Å²) < 4.78 is 13.2. The summed E-state index contributed by atoms with van der Waals surface area (Å²) in [5, 5.41) is 0. The number of fused-ring (bicyclic) bond motifs is 2. The van der Waals surface area contributed by atoms with Crippen LogP contribution in [0.5, 0.6) is 0 Å². The fraction of sp³-hybridized carbons (Fsp3) is 0.261.